The zero-order chi connectivity index (χ0) is 15.2. The highest BCUT2D eigenvalue weighted by Gasteiger charge is 2.16. The second-order valence-corrected chi connectivity index (χ2v) is 6.05. The van der Waals surface area contributed by atoms with Crippen LogP contribution in [0.5, 0.6) is 0 Å². The Morgan fingerprint density at radius 1 is 1.25 bits per heavy atom. The summed E-state index contributed by atoms with van der Waals surface area (Å²) >= 11 is 0. The Hall–Kier alpha value is -1.13. The minimum Gasteiger partial charge on any atom is -0.395 e. The highest BCUT2D eigenvalue weighted by atomic mass is 19.1. The van der Waals surface area contributed by atoms with Crippen molar-refractivity contribution in [2.45, 2.75) is 46.2 Å². The van der Waals surface area contributed by atoms with Crippen LogP contribution in [0.1, 0.15) is 39.7 Å². The maximum Gasteiger partial charge on any atom is 0.129 e. The summed E-state index contributed by atoms with van der Waals surface area (Å²) in [6.45, 7) is 10.2. The molecule has 0 aromatic heterocycles. The summed E-state index contributed by atoms with van der Waals surface area (Å²) in [6.07, 6.45) is 0.961. The third kappa shape index (κ3) is 5.10. The lowest BCUT2D eigenvalue weighted by molar-refractivity contribution is 0.301. The van der Waals surface area contributed by atoms with E-state index in [4.69, 9.17) is 0 Å². The van der Waals surface area contributed by atoms with Crippen molar-refractivity contribution in [1.29, 1.82) is 0 Å². The van der Waals surface area contributed by atoms with Crippen molar-refractivity contribution >= 4 is 5.69 Å². The van der Waals surface area contributed by atoms with E-state index >= 15 is 0 Å². The van der Waals surface area contributed by atoms with Crippen LogP contribution in [0.25, 0.3) is 0 Å². The normalized spacial score (nSPS) is 11.7. The van der Waals surface area contributed by atoms with E-state index in [9.17, 15) is 9.50 Å². The average molecular weight is 282 g/mol. The molecule has 3 nitrogen and oxygen atoms in total. The molecule has 0 atom stereocenters. The Kier molecular flexibility index (Phi) is 6.43. The Morgan fingerprint density at radius 2 is 1.95 bits per heavy atom. The van der Waals surface area contributed by atoms with Gasteiger partial charge in [0.1, 0.15) is 5.82 Å². The fourth-order valence-corrected chi connectivity index (χ4v) is 2.12. The third-order valence-corrected chi connectivity index (χ3v) is 3.09. The van der Waals surface area contributed by atoms with Crippen molar-refractivity contribution in [3.05, 3.63) is 29.6 Å². The molecule has 0 aliphatic carbocycles. The van der Waals surface area contributed by atoms with E-state index in [1.807, 2.05) is 11.0 Å². The molecule has 0 spiro atoms. The molecule has 0 amide bonds. The number of anilines is 1. The second-order valence-electron chi connectivity index (χ2n) is 6.05. The van der Waals surface area contributed by atoms with Gasteiger partial charge in [-0.1, -0.05) is 13.0 Å². The molecule has 0 aliphatic rings. The van der Waals surface area contributed by atoms with Crippen molar-refractivity contribution in [2.75, 3.05) is 24.6 Å². The molecule has 1 aromatic rings. The van der Waals surface area contributed by atoms with Gasteiger partial charge in [-0.3, -0.25) is 0 Å². The van der Waals surface area contributed by atoms with Crippen LogP contribution in [0.4, 0.5) is 10.1 Å². The van der Waals surface area contributed by atoms with Gasteiger partial charge in [-0.25, -0.2) is 4.39 Å². The topological polar surface area (TPSA) is 35.5 Å². The van der Waals surface area contributed by atoms with Gasteiger partial charge in [0, 0.05) is 36.4 Å². The first kappa shape index (κ1) is 16.9. The predicted octanol–water partition coefficient (Wildman–Crippen LogP) is 2.92. The van der Waals surface area contributed by atoms with Crippen LogP contribution in [0.3, 0.4) is 0 Å². The highest BCUT2D eigenvalue weighted by molar-refractivity contribution is 5.54. The lowest BCUT2D eigenvalue weighted by atomic mass is 10.1. The third-order valence-electron chi connectivity index (χ3n) is 3.09. The summed E-state index contributed by atoms with van der Waals surface area (Å²) in [5, 5.41) is 12.5. The molecule has 0 saturated carbocycles. The van der Waals surface area contributed by atoms with Gasteiger partial charge in [0.05, 0.1) is 6.61 Å². The highest BCUT2D eigenvalue weighted by Crippen LogP contribution is 2.24. The summed E-state index contributed by atoms with van der Waals surface area (Å²) < 4.78 is 14.1. The zero-order valence-electron chi connectivity index (χ0n) is 13.0. The number of nitrogens with one attached hydrogen (secondary N) is 1. The number of aliphatic hydroxyl groups is 1. The van der Waals surface area contributed by atoms with E-state index in [0.29, 0.717) is 18.7 Å². The van der Waals surface area contributed by atoms with Crippen LogP contribution >= 0.6 is 0 Å². The molecular formula is C16H27FN2O. The van der Waals surface area contributed by atoms with Crippen molar-refractivity contribution < 1.29 is 9.50 Å². The molecule has 0 aliphatic heterocycles. The van der Waals surface area contributed by atoms with Crippen molar-refractivity contribution in [3.8, 4) is 0 Å². The lowest BCUT2D eigenvalue weighted by Crippen LogP contribution is -2.36. The van der Waals surface area contributed by atoms with Gasteiger partial charge in [0.25, 0.3) is 0 Å². The largest absolute Gasteiger partial charge is 0.395 e. The molecule has 0 radical (unpaired) electrons. The number of rotatable bonds is 7. The van der Waals surface area contributed by atoms with Gasteiger partial charge < -0.3 is 15.3 Å². The quantitative estimate of drug-likeness (QED) is 0.807. The van der Waals surface area contributed by atoms with Gasteiger partial charge in [-0.2, -0.15) is 0 Å². The molecule has 114 valence electrons. The number of nitrogens with zero attached hydrogens (tertiary/aromatic N) is 1. The summed E-state index contributed by atoms with van der Waals surface area (Å²) in [7, 11) is 0. The Labute approximate surface area is 121 Å². The van der Waals surface area contributed by atoms with Crippen LogP contribution in [-0.2, 0) is 6.54 Å². The Bertz CT molecular complexity index is 409. The number of halogens is 1. The molecule has 1 aromatic carbocycles. The smallest absolute Gasteiger partial charge is 0.129 e. The SMILES string of the molecule is CCCN(CCO)c1cccc(F)c1CNC(C)(C)C. The summed E-state index contributed by atoms with van der Waals surface area (Å²) in [6, 6.07) is 5.14. The van der Waals surface area contributed by atoms with E-state index in [1.165, 1.54) is 6.07 Å². The van der Waals surface area contributed by atoms with E-state index in [2.05, 4.69) is 33.0 Å². The molecule has 0 bridgehead atoms. The first-order valence-corrected chi connectivity index (χ1v) is 7.27. The van der Waals surface area contributed by atoms with Crippen LogP contribution in [-0.4, -0.2) is 30.3 Å². The van der Waals surface area contributed by atoms with Gasteiger partial charge in [-0.05, 0) is 39.3 Å². The van der Waals surface area contributed by atoms with Gasteiger partial charge >= 0.3 is 0 Å². The van der Waals surface area contributed by atoms with Gasteiger partial charge in [0.2, 0.25) is 0 Å². The standard InChI is InChI=1S/C16H27FN2O/c1-5-9-19(10-11-20)15-8-6-7-14(17)13(15)12-18-16(2,3)4/h6-8,18,20H,5,9-12H2,1-4H3. The van der Waals surface area contributed by atoms with Crippen molar-refractivity contribution in [2.24, 2.45) is 0 Å². The Balaban J connectivity index is 3.01. The van der Waals surface area contributed by atoms with Crippen LogP contribution in [0, 0.1) is 5.82 Å². The summed E-state index contributed by atoms with van der Waals surface area (Å²) in [5.74, 6) is -0.196. The summed E-state index contributed by atoms with van der Waals surface area (Å²) in [4.78, 5) is 2.04. The van der Waals surface area contributed by atoms with Crippen LogP contribution in [0.15, 0.2) is 18.2 Å². The van der Waals surface area contributed by atoms with E-state index < -0.39 is 0 Å². The number of aliphatic hydroxyl groups excluding tert-OH is 1. The molecule has 4 heteroatoms. The second kappa shape index (κ2) is 7.60. The number of hydrogen-bond donors (Lipinski definition) is 2. The fraction of sp³-hybridized carbons (Fsp3) is 0.625. The fourth-order valence-electron chi connectivity index (χ4n) is 2.12. The molecular weight excluding hydrogens is 255 g/mol. The predicted molar refractivity (Wildman–Crippen MR) is 82.6 cm³/mol. The minimum absolute atomic E-state index is 0.0634. The first-order valence-electron chi connectivity index (χ1n) is 7.27. The van der Waals surface area contributed by atoms with Crippen LogP contribution in [0.2, 0.25) is 0 Å². The first-order chi connectivity index (χ1) is 9.39. The van der Waals surface area contributed by atoms with E-state index in [1.54, 1.807) is 6.07 Å². The average Bonchev–Trinajstić information content (AvgIpc) is 2.36. The van der Waals surface area contributed by atoms with Crippen molar-refractivity contribution in [1.82, 2.24) is 5.32 Å². The molecule has 0 saturated heterocycles. The lowest BCUT2D eigenvalue weighted by Gasteiger charge is -2.28. The molecule has 1 rings (SSSR count). The van der Waals surface area contributed by atoms with E-state index in [0.717, 1.165) is 18.7 Å². The maximum atomic E-state index is 14.1. The number of benzene rings is 1. The molecule has 20 heavy (non-hydrogen) atoms. The maximum absolute atomic E-state index is 14.1. The monoisotopic (exact) mass is 282 g/mol. The van der Waals surface area contributed by atoms with E-state index in [-0.39, 0.29) is 18.0 Å². The molecule has 0 unspecified atom stereocenters. The number of hydrogen-bond acceptors (Lipinski definition) is 3. The summed E-state index contributed by atoms with van der Waals surface area (Å²) in [5.41, 5.74) is 1.48. The zero-order valence-corrected chi connectivity index (χ0v) is 13.0. The minimum atomic E-state index is -0.196. The molecule has 0 fully saturated rings. The Morgan fingerprint density at radius 3 is 2.50 bits per heavy atom. The van der Waals surface area contributed by atoms with Crippen LogP contribution < -0.4 is 10.2 Å². The molecule has 0 heterocycles. The van der Waals surface area contributed by atoms with Gasteiger partial charge in [-0.15, -0.1) is 0 Å². The van der Waals surface area contributed by atoms with Crippen molar-refractivity contribution in [3.63, 3.8) is 0 Å². The van der Waals surface area contributed by atoms with Gasteiger partial charge in [0.15, 0.2) is 0 Å². The molecule has 2 N–H and O–H groups in total.